The average Bonchev–Trinajstić information content (AvgIpc) is 2.57. The van der Waals surface area contributed by atoms with Crippen LogP contribution in [-0.2, 0) is 4.79 Å². The summed E-state index contributed by atoms with van der Waals surface area (Å²) in [5, 5.41) is 6.63. The molecule has 0 unspecified atom stereocenters. The zero-order valence-corrected chi connectivity index (χ0v) is 14.0. The Bertz CT molecular complexity index is 584. The lowest BCUT2D eigenvalue weighted by Gasteiger charge is -2.53. The first-order valence-electron chi connectivity index (χ1n) is 8.04. The molecule has 3 saturated carbocycles. The topological polar surface area (TPSA) is 50.4 Å². The van der Waals surface area contributed by atoms with Crippen LogP contribution in [0, 0.1) is 5.82 Å². The van der Waals surface area contributed by atoms with Crippen molar-refractivity contribution in [2.45, 2.75) is 49.6 Å². The van der Waals surface area contributed by atoms with E-state index in [4.69, 9.17) is 16.3 Å². The number of halogens is 2. The van der Waals surface area contributed by atoms with Crippen LogP contribution in [-0.4, -0.2) is 30.6 Å². The molecule has 3 fully saturated rings. The van der Waals surface area contributed by atoms with E-state index in [2.05, 4.69) is 10.6 Å². The highest BCUT2D eigenvalue weighted by Gasteiger charge is 2.48. The van der Waals surface area contributed by atoms with Gasteiger partial charge in [0.25, 0.3) is 5.91 Å². The fourth-order valence-corrected chi connectivity index (χ4v) is 3.91. The Hall–Kier alpha value is -1.33. The summed E-state index contributed by atoms with van der Waals surface area (Å²) in [6, 6.07) is 4.16. The molecule has 1 aromatic rings. The van der Waals surface area contributed by atoms with Crippen molar-refractivity contribution < 1.29 is 13.9 Å². The van der Waals surface area contributed by atoms with Crippen molar-refractivity contribution in [2.75, 3.05) is 13.7 Å². The van der Waals surface area contributed by atoms with Gasteiger partial charge in [0.05, 0.1) is 5.02 Å². The third kappa shape index (κ3) is 3.45. The van der Waals surface area contributed by atoms with E-state index in [1.54, 1.807) is 6.07 Å². The predicted octanol–water partition coefficient (Wildman–Crippen LogP) is 3.04. The van der Waals surface area contributed by atoms with Gasteiger partial charge in [-0.25, -0.2) is 4.39 Å². The fourth-order valence-electron chi connectivity index (χ4n) is 3.80. The van der Waals surface area contributed by atoms with Crippen LogP contribution in [0.3, 0.4) is 0 Å². The van der Waals surface area contributed by atoms with Gasteiger partial charge in [-0.1, -0.05) is 11.6 Å². The minimum Gasteiger partial charge on any atom is -0.484 e. The summed E-state index contributed by atoms with van der Waals surface area (Å²) in [7, 11) is 2.02. The van der Waals surface area contributed by atoms with Crippen molar-refractivity contribution in [2.24, 2.45) is 0 Å². The quantitative estimate of drug-likeness (QED) is 0.866. The maximum atomic E-state index is 13.3. The Labute approximate surface area is 140 Å². The molecule has 2 bridgehead atoms. The molecule has 3 aliphatic rings. The molecule has 1 amide bonds. The Morgan fingerprint density at radius 1 is 1.22 bits per heavy atom. The van der Waals surface area contributed by atoms with Crippen LogP contribution in [0.1, 0.15) is 38.5 Å². The number of amides is 1. The van der Waals surface area contributed by atoms with Crippen molar-refractivity contribution in [3.05, 3.63) is 29.0 Å². The van der Waals surface area contributed by atoms with E-state index in [1.165, 1.54) is 12.1 Å². The first kappa shape index (κ1) is 16.5. The van der Waals surface area contributed by atoms with Crippen molar-refractivity contribution in [1.29, 1.82) is 0 Å². The minimum atomic E-state index is -0.550. The Morgan fingerprint density at radius 2 is 1.83 bits per heavy atom. The maximum absolute atomic E-state index is 13.3. The van der Waals surface area contributed by atoms with Gasteiger partial charge in [0.1, 0.15) is 11.6 Å². The average molecular weight is 341 g/mol. The highest BCUT2D eigenvalue weighted by atomic mass is 35.5. The van der Waals surface area contributed by atoms with E-state index in [0.29, 0.717) is 5.75 Å². The van der Waals surface area contributed by atoms with E-state index >= 15 is 0 Å². The highest BCUT2D eigenvalue weighted by molar-refractivity contribution is 6.30. The number of hydrogen-bond acceptors (Lipinski definition) is 3. The number of benzene rings is 1. The van der Waals surface area contributed by atoms with Gasteiger partial charge in [-0.15, -0.1) is 0 Å². The molecular formula is C17H22ClFN2O2. The van der Waals surface area contributed by atoms with Crippen LogP contribution in [0.2, 0.25) is 5.02 Å². The zero-order chi connectivity index (χ0) is 16.5. The summed E-state index contributed by atoms with van der Waals surface area (Å²) in [5.74, 6) is -0.397. The molecular weight excluding hydrogens is 319 g/mol. The van der Waals surface area contributed by atoms with Crippen LogP contribution in [0.5, 0.6) is 5.75 Å². The second-order valence-electron chi connectivity index (χ2n) is 6.72. The summed E-state index contributed by atoms with van der Waals surface area (Å²) >= 11 is 5.62. The second-order valence-corrected chi connectivity index (χ2v) is 7.13. The number of carbonyl (C=O) groups is 1. The van der Waals surface area contributed by atoms with E-state index in [1.807, 2.05) is 7.05 Å². The summed E-state index contributed by atoms with van der Waals surface area (Å²) < 4.78 is 18.7. The zero-order valence-electron chi connectivity index (χ0n) is 13.3. The molecule has 0 aromatic heterocycles. The van der Waals surface area contributed by atoms with Crippen LogP contribution in [0.25, 0.3) is 0 Å². The highest BCUT2D eigenvalue weighted by Crippen LogP contribution is 2.46. The number of carbonyl (C=O) groups excluding carboxylic acids is 1. The molecule has 0 radical (unpaired) electrons. The first-order valence-corrected chi connectivity index (χ1v) is 8.42. The molecule has 1 aromatic carbocycles. The molecule has 0 aliphatic heterocycles. The summed E-state index contributed by atoms with van der Waals surface area (Å²) in [6.07, 6.45) is 6.26. The number of rotatable bonds is 5. The summed E-state index contributed by atoms with van der Waals surface area (Å²) in [6.45, 7) is -0.111. The molecule has 0 atom stereocenters. The molecule has 126 valence electrons. The molecule has 2 N–H and O–H groups in total. The van der Waals surface area contributed by atoms with E-state index in [-0.39, 0.29) is 28.6 Å². The normalized spacial score (nSPS) is 29.3. The summed E-state index contributed by atoms with van der Waals surface area (Å²) in [4.78, 5) is 12.2. The van der Waals surface area contributed by atoms with Crippen molar-refractivity contribution in [1.82, 2.24) is 10.6 Å². The van der Waals surface area contributed by atoms with Crippen LogP contribution in [0.4, 0.5) is 4.39 Å². The first-order chi connectivity index (χ1) is 11.0. The Balaban J connectivity index is 1.53. The van der Waals surface area contributed by atoms with Gasteiger partial charge < -0.3 is 15.4 Å². The van der Waals surface area contributed by atoms with E-state index < -0.39 is 5.82 Å². The predicted molar refractivity (Wildman–Crippen MR) is 87.3 cm³/mol. The smallest absolute Gasteiger partial charge is 0.258 e. The van der Waals surface area contributed by atoms with E-state index in [9.17, 15) is 9.18 Å². The fraction of sp³-hybridized carbons (Fsp3) is 0.588. The van der Waals surface area contributed by atoms with Gasteiger partial charge in [-0.2, -0.15) is 0 Å². The molecule has 6 heteroatoms. The Kier molecular flexibility index (Phi) is 4.52. The third-order valence-electron chi connectivity index (χ3n) is 5.44. The van der Waals surface area contributed by atoms with Gasteiger partial charge in [0, 0.05) is 17.1 Å². The van der Waals surface area contributed by atoms with Gasteiger partial charge in [0.15, 0.2) is 6.61 Å². The molecule has 0 spiro atoms. The van der Waals surface area contributed by atoms with Crippen LogP contribution < -0.4 is 15.4 Å². The minimum absolute atomic E-state index is 0.0399. The largest absolute Gasteiger partial charge is 0.484 e. The van der Waals surface area contributed by atoms with Crippen LogP contribution >= 0.6 is 11.6 Å². The number of fused-ring (bicyclic) bond motifs is 3. The SMILES string of the molecule is CNC12CCC(NC(=O)COc3ccc(Cl)c(F)c3)(CC1)CC2. The van der Waals surface area contributed by atoms with Gasteiger partial charge >= 0.3 is 0 Å². The number of ether oxygens (including phenoxy) is 1. The van der Waals surface area contributed by atoms with Gasteiger partial charge in [-0.05, 0) is 57.7 Å². The third-order valence-corrected chi connectivity index (χ3v) is 5.75. The lowest BCUT2D eigenvalue weighted by molar-refractivity contribution is -0.126. The van der Waals surface area contributed by atoms with Gasteiger partial charge in [0.2, 0.25) is 0 Å². The molecule has 4 rings (SSSR count). The van der Waals surface area contributed by atoms with E-state index in [0.717, 1.165) is 38.5 Å². The maximum Gasteiger partial charge on any atom is 0.258 e. The second kappa shape index (κ2) is 6.29. The molecule has 23 heavy (non-hydrogen) atoms. The molecule has 0 heterocycles. The number of nitrogens with one attached hydrogen (secondary N) is 2. The van der Waals surface area contributed by atoms with Gasteiger partial charge in [-0.3, -0.25) is 4.79 Å². The molecule has 4 nitrogen and oxygen atoms in total. The van der Waals surface area contributed by atoms with Crippen molar-refractivity contribution in [3.63, 3.8) is 0 Å². The monoisotopic (exact) mass is 340 g/mol. The molecule has 3 aliphatic carbocycles. The summed E-state index contributed by atoms with van der Waals surface area (Å²) in [5.41, 5.74) is 0.175. The Morgan fingerprint density at radius 3 is 2.39 bits per heavy atom. The van der Waals surface area contributed by atoms with Crippen molar-refractivity contribution in [3.8, 4) is 5.75 Å². The molecule has 0 saturated heterocycles. The lowest BCUT2D eigenvalue weighted by atomic mass is 9.61. The van der Waals surface area contributed by atoms with Crippen LogP contribution in [0.15, 0.2) is 18.2 Å². The van der Waals surface area contributed by atoms with Crippen molar-refractivity contribution >= 4 is 17.5 Å². The number of hydrogen-bond donors (Lipinski definition) is 2. The standard InChI is InChI=1S/C17H22ClFN2O2/c1-20-16-4-7-17(8-5-16,9-6-16)21-15(22)11-23-12-2-3-13(18)14(19)10-12/h2-3,10,20H,4-9,11H2,1H3,(H,21,22). The lowest BCUT2D eigenvalue weighted by Crippen LogP contribution is -2.62.